The minimum Gasteiger partial charge on any atom is -0.494 e. The van der Waals surface area contributed by atoms with Crippen molar-refractivity contribution in [3.8, 4) is 5.75 Å². The summed E-state index contributed by atoms with van der Waals surface area (Å²) in [5, 5.41) is 0. The van der Waals surface area contributed by atoms with Crippen LogP contribution in [-0.4, -0.2) is 17.1 Å². The topological polar surface area (TPSA) is 43.6 Å². The number of carbonyl (C=O) groups excluding carboxylic acids is 1. The number of rotatable bonds is 5. The van der Waals surface area contributed by atoms with Crippen molar-refractivity contribution >= 4 is 43.4 Å². The van der Waals surface area contributed by atoms with Gasteiger partial charge in [-0.05, 0) is 49.7 Å². The second kappa shape index (κ2) is 7.97. The number of amides is 1. The molecule has 1 heterocycles. The molecule has 1 amide bonds. The highest BCUT2D eigenvalue weighted by Crippen LogP contribution is 2.24. The van der Waals surface area contributed by atoms with Crippen molar-refractivity contribution in [1.29, 1.82) is 0 Å². The summed E-state index contributed by atoms with van der Waals surface area (Å²) in [6.45, 7) is 5.53. The Balaban J connectivity index is 2.10. The smallest absolute Gasteiger partial charge is 0.279 e. The maximum atomic E-state index is 12.6. The van der Waals surface area contributed by atoms with Crippen LogP contribution in [0.4, 0.5) is 0 Å². The van der Waals surface area contributed by atoms with Gasteiger partial charge in [-0.3, -0.25) is 4.79 Å². The fourth-order valence-electron chi connectivity index (χ4n) is 2.61. The highest BCUT2D eigenvalue weighted by atomic mass is 79.9. The van der Waals surface area contributed by atoms with E-state index < -0.39 is 0 Å². The Kier molecular flexibility index (Phi) is 5.71. The highest BCUT2D eigenvalue weighted by molar-refractivity contribution is 9.10. The van der Waals surface area contributed by atoms with Crippen LogP contribution in [0.5, 0.6) is 5.75 Å². The normalized spacial score (nSPS) is 11.9. The van der Waals surface area contributed by atoms with Crippen molar-refractivity contribution in [3.63, 3.8) is 0 Å². The first-order valence-electron chi connectivity index (χ1n) is 8.23. The van der Waals surface area contributed by atoms with E-state index in [0.29, 0.717) is 12.2 Å². The molecule has 130 valence electrons. The number of hydrogen-bond acceptors (Lipinski definition) is 3. The van der Waals surface area contributed by atoms with E-state index >= 15 is 0 Å². The van der Waals surface area contributed by atoms with Crippen molar-refractivity contribution in [1.82, 2.24) is 4.57 Å². The highest BCUT2D eigenvalue weighted by Gasteiger charge is 2.10. The molecule has 0 radical (unpaired) electrons. The lowest BCUT2D eigenvalue weighted by molar-refractivity contribution is 0.0997. The number of carbonyl (C=O) groups is 1. The van der Waals surface area contributed by atoms with Crippen LogP contribution >= 0.6 is 27.3 Å². The number of benzene rings is 2. The van der Waals surface area contributed by atoms with Gasteiger partial charge in [-0.15, -0.1) is 0 Å². The first-order valence-corrected chi connectivity index (χ1v) is 9.84. The van der Waals surface area contributed by atoms with E-state index in [1.807, 2.05) is 37.3 Å². The molecule has 3 rings (SSSR count). The number of nitrogens with zero attached hydrogens (tertiary/aromatic N) is 2. The Hall–Kier alpha value is -1.92. The van der Waals surface area contributed by atoms with Crippen LogP contribution in [0.1, 0.15) is 30.6 Å². The van der Waals surface area contributed by atoms with Gasteiger partial charge in [0.2, 0.25) is 0 Å². The van der Waals surface area contributed by atoms with Crippen molar-refractivity contribution in [3.05, 3.63) is 57.3 Å². The Morgan fingerprint density at radius 2 is 2.08 bits per heavy atom. The predicted octanol–water partition coefficient (Wildman–Crippen LogP) is 5.02. The van der Waals surface area contributed by atoms with Crippen LogP contribution in [0.3, 0.4) is 0 Å². The number of aryl methyl sites for hydroxylation is 1. The second-order valence-corrected chi connectivity index (χ2v) is 7.45. The van der Waals surface area contributed by atoms with Gasteiger partial charge in [0, 0.05) is 16.6 Å². The summed E-state index contributed by atoms with van der Waals surface area (Å²) >= 11 is 4.91. The molecular weight excluding hydrogens is 400 g/mol. The van der Waals surface area contributed by atoms with Gasteiger partial charge >= 0.3 is 0 Å². The monoisotopic (exact) mass is 418 g/mol. The molecule has 0 aliphatic heterocycles. The van der Waals surface area contributed by atoms with Crippen molar-refractivity contribution in [2.45, 2.75) is 26.8 Å². The molecule has 2 aromatic carbocycles. The average molecular weight is 419 g/mol. The number of fused-ring (bicyclic) bond motifs is 1. The predicted molar refractivity (Wildman–Crippen MR) is 105 cm³/mol. The number of aromatic nitrogens is 1. The summed E-state index contributed by atoms with van der Waals surface area (Å²) in [6, 6.07) is 13.3. The second-order valence-electron chi connectivity index (χ2n) is 5.53. The minimum atomic E-state index is -0.234. The molecule has 0 atom stereocenters. The number of halogens is 1. The number of thiazole rings is 1. The Bertz CT molecular complexity index is 975. The van der Waals surface area contributed by atoms with Crippen LogP contribution in [0.2, 0.25) is 0 Å². The third kappa shape index (κ3) is 4.02. The molecule has 0 saturated carbocycles. The van der Waals surface area contributed by atoms with Gasteiger partial charge in [-0.25, -0.2) is 0 Å². The Morgan fingerprint density at radius 3 is 2.80 bits per heavy atom. The molecule has 0 N–H and O–H groups in total. The van der Waals surface area contributed by atoms with Crippen LogP contribution in [0.25, 0.3) is 10.2 Å². The Morgan fingerprint density at radius 1 is 1.24 bits per heavy atom. The Labute approximate surface area is 158 Å². The van der Waals surface area contributed by atoms with E-state index in [0.717, 1.165) is 38.2 Å². The molecular formula is C19H19BrN2O2S. The summed E-state index contributed by atoms with van der Waals surface area (Å²) in [4.78, 5) is 17.7. The molecule has 0 bridgehead atoms. The SMILES string of the molecule is CCCn1c(=NC(=O)c2cccc(Br)c2)sc2cc(OCC)ccc21. The summed E-state index contributed by atoms with van der Waals surface area (Å²) in [5.74, 6) is 0.604. The van der Waals surface area contributed by atoms with E-state index in [9.17, 15) is 4.79 Å². The van der Waals surface area contributed by atoms with Gasteiger partial charge in [-0.2, -0.15) is 4.99 Å². The number of ether oxygens (including phenoxy) is 1. The lowest BCUT2D eigenvalue weighted by atomic mass is 10.2. The fourth-order valence-corrected chi connectivity index (χ4v) is 4.09. The molecule has 0 saturated heterocycles. The fraction of sp³-hybridized carbons (Fsp3) is 0.263. The van der Waals surface area contributed by atoms with E-state index in [1.54, 1.807) is 12.1 Å². The quantitative estimate of drug-likeness (QED) is 0.583. The molecule has 4 nitrogen and oxygen atoms in total. The van der Waals surface area contributed by atoms with Crippen molar-refractivity contribution < 1.29 is 9.53 Å². The van der Waals surface area contributed by atoms with Gasteiger partial charge in [0.15, 0.2) is 4.80 Å². The van der Waals surface area contributed by atoms with Gasteiger partial charge in [0.1, 0.15) is 5.75 Å². The zero-order chi connectivity index (χ0) is 17.8. The molecule has 1 aromatic heterocycles. The van der Waals surface area contributed by atoms with E-state index in [1.165, 1.54) is 11.3 Å². The van der Waals surface area contributed by atoms with Crippen molar-refractivity contribution in [2.75, 3.05) is 6.61 Å². The van der Waals surface area contributed by atoms with Gasteiger partial charge in [-0.1, -0.05) is 40.3 Å². The molecule has 25 heavy (non-hydrogen) atoms. The third-order valence-corrected chi connectivity index (χ3v) is 5.22. The molecule has 0 unspecified atom stereocenters. The third-order valence-electron chi connectivity index (χ3n) is 3.68. The molecule has 0 spiro atoms. The van der Waals surface area contributed by atoms with E-state index in [4.69, 9.17) is 4.74 Å². The zero-order valence-corrected chi connectivity index (χ0v) is 16.6. The summed E-state index contributed by atoms with van der Waals surface area (Å²) in [7, 11) is 0. The standard InChI is InChI=1S/C19H19BrN2O2S/c1-3-10-22-16-9-8-15(24-4-2)12-17(16)25-19(22)21-18(23)13-6-5-7-14(20)11-13/h5-9,11-12H,3-4,10H2,1-2H3. The molecule has 3 aromatic rings. The van der Waals surface area contributed by atoms with Gasteiger partial charge in [0.05, 0.1) is 16.8 Å². The van der Waals surface area contributed by atoms with E-state index in [2.05, 4.69) is 32.4 Å². The number of hydrogen-bond donors (Lipinski definition) is 0. The van der Waals surface area contributed by atoms with Gasteiger partial charge < -0.3 is 9.30 Å². The molecule has 0 aliphatic rings. The van der Waals surface area contributed by atoms with Crippen molar-refractivity contribution in [2.24, 2.45) is 4.99 Å². The summed E-state index contributed by atoms with van der Waals surface area (Å²) < 4.78 is 9.62. The molecule has 0 aliphatic carbocycles. The first-order chi connectivity index (χ1) is 12.1. The molecule has 6 heteroatoms. The lowest BCUT2D eigenvalue weighted by Crippen LogP contribution is -2.16. The summed E-state index contributed by atoms with van der Waals surface area (Å²) in [6.07, 6.45) is 0.970. The minimum absolute atomic E-state index is 0.234. The maximum Gasteiger partial charge on any atom is 0.279 e. The van der Waals surface area contributed by atoms with Crippen LogP contribution in [0.15, 0.2) is 51.9 Å². The maximum absolute atomic E-state index is 12.6. The van der Waals surface area contributed by atoms with Crippen LogP contribution < -0.4 is 9.54 Å². The van der Waals surface area contributed by atoms with E-state index in [-0.39, 0.29) is 5.91 Å². The zero-order valence-electron chi connectivity index (χ0n) is 14.2. The molecule has 0 fully saturated rings. The summed E-state index contributed by atoms with van der Waals surface area (Å²) in [5.41, 5.74) is 1.65. The lowest BCUT2D eigenvalue weighted by Gasteiger charge is -2.05. The van der Waals surface area contributed by atoms with Crippen LogP contribution in [0, 0.1) is 0 Å². The largest absolute Gasteiger partial charge is 0.494 e. The first kappa shape index (κ1) is 17.9. The average Bonchev–Trinajstić information content (AvgIpc) is 2.92. The van der Waals surface area contributed by atoms with Gasteiger partial charge in [0.25, 0.3) is 5.91 Å². The van der Waals surface area contributed by atoms with Crippen LogP contribution in [-0.2, 0) is 6.54 Å².